The zero-order chi connectivity index (χ0) is 25.0. The summed E-state index contributed by atoms with van der Waals surface area (Å²) in [5.74, 6) is -1.59. The van der Waals surface area contributed by atoms with Gasteiger partial charge in [-0.2, -0.15) is 0 Å². The van der Waals surface area contributed by atoms with Gasteiger partial charge in [0, 0.05) is 24.9 Å². The third-order valence-electron chi connectivity index (χ3n) is 7.12. The fourth-order valence-corrected chi connectivity index (χ4v) is 5.32. The van der Waals surface area contributed by atoms with E-state index < -0.39 is 23.4 Å². The molecule has 2 atom stereocenters. The molecule has 2 aliphatic rings. The molecule has 2 aromatic rings. The Balaban J connectivity index is 1.27. The van der Waals surface area contributed by atoms with Crippen molar-refractivity contribution in [3.05, 3.63) is 59.7 Å². The Morgan fingerprint density at radius 3 is 2.20 bits per heavy atom. The van der Waals surface area contributed by atoms with Gasteiger partial charge in [0.05, 0.1) is 5.92 Å². The molecule has 0 spiro atoms. The Morgan fingerprint density at radius 2 is 1.57 bits per heavy atom. The number of hydrogen-bond acceptors (Lipinski definition) is 4. The minimum atomic E-state index is -0.855. The van der Waals surface area contributed by atoms with Gasteiger partial charge in [-0.25, -0.2) is 4.79 Å². The summed E-state index contributed by atoms with van der Waals surface area (Å²) in [6.07, 6.45) is 2.73. The minimum absolute atomic E-state index is 0.00962. The average molecular weight is 479 g/mol. The first-order valence-electron chi connectivity index (χ1n) is 12.4. The number of nitrogens with one attached hydrogen (secondary N) is 2. The standard InChI is InChI=1S/C28H34N2O5/c1-28(2,15-25(31)30-24-14-8-7-13-22(24)26(32)33)17-29-27(34)35-16-23-20-11-5-3-9-18(20)19-10-4-6-12-21(19)23/h3-6,9-12,22-24H,7-8,13-17H2,1-2H3,(H,29,34)(H,30,31)(H,32,33). The summed E-state index contributed by atoms with van der Waals surface area (Å²) in [7, 11) is 0. The number of hydrogen-bond donors (Lipinski definition) is 3. The quantitative estimate of drug-likeness (QED) is 0.510. The van der Waals surface area contributed by atoms with Crippen LogP contribution in [0.5, 0.6) is 0 Å². The molecule has 0 saturated heterocycles. The topological polar surface area (TPSA) is 105 Å². The van der Waals surface area contributed by atoms with Crippen LogP contribution in [-0.4, -0.2) is 42.3 Å². The molecule has 2 aromatic carbocycles. The van der Waals surface area contributed by atoms with Crippen molar-refractivity contribution in [3.63, 3.8) is 0 Å². The van der Waals surface area contributed by atoms with Crippen molar-refractivity contribution in [2.24, 2.45) is 11.3 Å². The van der Waals surface area contributed by atoms with Crippen LogP contribution in [-0.2, 0) is 14.3 Å². The molecule has 7 nitrogen and oxygen atoms in total. The molecule has 0 bridgehead atoms. The van der Waals surface area contributed by atoms with Crippen molar-refractivity contribution in [2.75, 3.05) is 13.2 Å². The van der Waals surface area contributed by atoms with Gasteiger partial charge in [0.15, 0.2) is 0 Å². The Bertz CT molecular complexity index is 1050. The van der Waals surface area contributed by atoms with E-state index in [0.29, 0.717) is 12.8 Å². The second-order valence-corrected chi connectivity index (χ2v) is 10.4. The highest BCUT2D eigenvalue weighted by molar-refractivity contribution is 5.80. The van der Waals surface area contributed by atoms with E-state index in [-0.39, 0.29) is 37.4 Å². The number of aliphatic carboxylic acids is 1. The van der Waals surface area contributed by atoms with Gasteiger partial charge in [-0.05, 0) is 40.5 Å². The van der Waals surface area contributed by atoms with E-state index in [4.69, 9.17) is 4.74 Å². The molecule has 3 N–H and O–H groups in total. The molecular weight excluding hydrogens is 444 g/mol. The first-order chi connectivity index (χ1) is 16.7. The molecule has 186 valence electrons. The molecule has 0 heterocycles. The SMILES string of the molecule is CC(C)(CNC(=O)OCC1c2ccccc2-c2ccccc21)CC(=O)NC1CCCCC1C(=O)O. The number of fused-ring (bicyclic) bond motifs is 3. The van der Waals surface area contributed by atoms with E-state index in [1.54, 1.807) is 0 Å². The Labute approximate surface area is 206 Å². The fraction of sp³-hybridized carbons (Fsp3) is 0.464. The predicted octanol–water partition coefficient (Wildman–Crippen LogP) is 4.70. The lowest BCUT2D eigenvalue weighted by atomic mass is 9.83. The molecule has 0 aromatic heterocycles. The third-order valence-corrected chi connectivity index (χ3v) is 7.12. The van der Waals surface area contributed by atoms with E-state index in [1.165, 1.54) is 11.1 Å². The van der Waals surface area contributed by atoms with Crippen LogP contribution >= 0.6 is 0 Å². The maximum absolute atomic E-state index is 12.6. The second kappa shape index (κ2) is 10.5. The number of amides is 2. The molecule has 2 amide bonds. The fourth-order valence-electron chi connectivity index (χ4n) is 5.32. The van der Waals surface area contributed by atoms with E-state index in [1.807, 2.05) is 38.1 Å². The number of carbonyl (C=O) groups is 3. The normalized spacial score (nSPS) is 19.4. The van der Waals surface area contributed by atoms with Crippen LogP contribution in [0.15, 0.2) is 48.5 Å². The van der Waals surface area contributed by atoms with Crippen LogP contribution < -0.4 is 10.6 Å². The maximum Gasteiger partial charge on any atom is 0.407 e. The Kier molecular flexibility index (Phi) is 7.43. The van der Waals surface area contributed by atoms with Gasteiger partial charge in [-0.1, -0.05) is 75.2 Å². The molecule has 4 rings (SSSR count). The molecule has 7 heteroatoms. The zero-order valence-electron chi connectivity index (χ0n) is 20.4. The van der Waals surface area contributed by atoms with Crippen molar-refractivity contribution in [2.45, 2.75) is 57.9 Å². The monoisotopic (exact) mass is 478 g/mol. The predicted molar refractivity (Wildman–Crippen MR) is 133 cm³/mol. The molecule has 35 heavy (non-hydrogen) atoms. The van der Waals surface area contributed by atoms with Gasteiger partial charge in [-0.3, -0.25) is 9.59 Å². The molecule has 2 unspecified atom stereocenters. The van der Waals surface area contributed by atoms with Crippen molar-refractivity contribution < 1.29 is 24.2 Å². The minimum Gasteiger partial charge on any atom is -0.481 e. The maximum atomic E-state index is 12.6. The number of carboxylic acid groups (broad SMARTS) is 1. The summed E-state index contributed by atoms with van der Waals surface area (Å²) in [5.41, 5.74) is 4.14. The van der Waals surface area contributed by atoms with Gasteiger partial charge < -0.3 is 20.5 Å². The molecule has 0 aliphatic heterocycles. The average Bonchev–Trinajstić information content (AvgIpc) is 3.15. The summed E-state index contributed by atoms with van der Waals surface area (Å²) >= 11 is 0. The summed E-state index contributed by atoms with van der Waals surface area (Å²) < 4.78 is 5.59. The number of rotatable bonds is 8. The van der Waals surface area contributed by atoms with Crippen molar-refractivity contribution in [1.29, 1.82) is 0 Å². The molecule has 1 saturated carbocycles. The van der Waals surface area contributed by atoms with E-state index in [9.17, 15) is 19.5 Å². The van der Waals surface area contributed by atoms with Gasteiger partial charge in [0.2, 0.25) is 5.91 Å². The van der Waals surface area contributed by atoms with Crippen molar-refractivity contribution >= 4 is 18.0 Å². The Hall–Kier alpha value is -3.35. The number of benzene rings is 2. The molecule has 2 aliphatic carbocycles. The summed E-state index contributed by atoms with van der Waals surface area (Å²) in [4.78, 5) is 36.6. The number of carbonyl (C=O) groups excluding carboxylic acids is 2. The summed E-state index contributed by atoms with van der Waals surface area (Å²) in [6.45, 7) is 4.29. The summed E-state index contributed by atoms with van der Waals surface area (Å²) in [6, 6.07) is 16.0. The number of alkyl carbamates (subject to hydrolysis) is 1. The molecule has 1 fully saturated rings. The van der Waals surface area contributed by atoms with Crippen molar-refractivity contribution in [1.82, 2.24) is 10.6 Å². The Morgan fingerprint density at radius 1 is 0.971 bits per heavy atom. The highest BCUT2D eigenvalue weighted by Gasteiger charge is 2.33. The van der Waals surface area contributed by atoms with Crippen LogP contribution in [0, 0.1) is 11.3 Å². The van der Waals surface area contributed by atoms with Crippen LogP contribution in [0.2, 0.25) is 0 Å². The lowest BCUT2D eigenvalue weighted by Crippen LogP contribution is -2.47. The molecular formula is C28H34N2O5. The first-order valence-corrected chi connectivity index (χ1v) is 12.4. The lowest BCUT2D eigenvalue weighted by molar-refractivity contribution is -0.144. The molecule has 0 radical (unpaired) electrons. The first kappa shape index (κ1) is 24.8. The van der Waals surface area contributed by atoms with Crippen LogP contribution in [0.4, 0.5) is 4.79 Å². The largest absolute Gasteiger partial charge is 0.481 e. The summed E-state index contributed by atoms with van der Waals surface area (Å²) in [5, 5.41) is 15.1. The number of carboxylic acids is 1. The van der Waals surface area contributed by atoms with Gasteiger partial charge in [0.25, 0.3) is 0 Å². The van der Waals surface area contributed by atoms with Crippen LogP contribution in [0.25, 0.3) is 11.1 Å². The van der Waals surface area contributed by atoms with Gasteiger partial charge >= 0.3 is 12.1 Å². The highest BCUT2D eigenvalue weighted by Crippen LogP contribution is 2.44. The zero-order valence-corrected chi connectivity index (χ0v) is 20.4. The van der Waals surface area contributed by atoms with E-state index >= 15 is 0 Å². The third kappa shape index (κ3) is 5.84. The smallest absolute Gasteiger partial charge is 0.407 e. The lowest BCUT2D eigenvalue weighted by Gasteiger charge is -2.31. The number of ether oxygens (including phenoxy) is 1. The highest BCUT2D eigenvalue weighted by atomic mass is 16.5. The van der Waals surface area contributed by atoms with E-state index in [0.717, 1.165) is 24.0 Å². The van der Waals surface area contributed by atoms with Crippen LogP contribution in [0.3, 0.4) is 0 Å². The van der Waals surface area contributed by atoms with Crippen LogP contribution in [0.1, 0.15) is 63.0 Å². The van der Waals surface area contributed by atoms with Crippen molar-refractivity contribution in [3.8, 4) is 11.1 Å². The van der Waals surface area contributed by atoms with E-state index in [2.05, 4.69) is 34.9 Å². The van der Waals surface area contributed by atoms with Gasteiger partial charge in [-0.15, -0.1) is 0 Å². The van der Waals surface area contributed by atoms with Gasteiger partial charge in [0.1, 0.15) is 6.61 Å². The second-order valence-electron chi connectivity index (χ2n) is 10.4.